The number of aryl methyl sites for hydroxylation is 2. The Morgan fingerprint density at radius 3 is 2.43 bits per heavy atom. The predicted molar refractivity (Wildman–Crippen MR) is 91.2 cm³/mol. The second-order valence-corrected chi connectivity index (χ2v) is 5.06. The molecule has 0 atom stereocenters. The number of carbonyl (C=O) groups excluding carboxylic acids is 1. The van der Waals surface area contributed by atoms with Crippen LogP contribution in [0.2, 0.25) is 0 Å². The number of aldehydes is 1. The van der Waals surface area contributed by atoms with Gasteiger partial charge in [0.15, 0.2) is 6.29 Å². The summed E-state index contributed by atoms with van der Waals surface area (Å²) in [7, 11) is 1.00. The zero-order valence-corrected chi connectivity index (χ0v) is 13.9. The van der Waals surface area contributed by atoms with Crippen LogP contribution in [0.15, 0.2) is 36.4 Å². The summed E-state index contributed by atoms with van der Waals surface area (Å²) in [6, 6.07) is 11.6. The first-order chi connectivity index (χ1) is 11.1. The Kier molecular flexibility index (Phi) is 7.84. The molecule has 2 aromatic rings. The first kappa shape index (κ1) is 18.7. The van der Waals surface area contributed by atoms with E-state index in [0.717, 1.165) is 37.4 Å². The molecule has 0 spiro atoms. The lowest BCUT2D eigenvalue weighted by Gasteiger charge is -2.10. The van der Waals surface area contributed by atoms with E-state index in [1.807, 2.05) is 44.2 Å². The van der Waals surface area contributed by atoms with E-state index in [2.05, 4.69) is 0 Å². The number of phenolic OH excluding ortho intramolecular Hbond substituents is 1. The van der Waals surface area contributed by atoms with Crippen LogP contribution in [0.25, 0.3) is 0 Å². The molecule has 2 rings (SSSR count). The quantitative estimate of drug-likeness (QED) is 0.804. The van der Waals surface area contributed by atoms with Crippen LogP contribution in [0.4, 0.5) is 0 Å². The van der Waals surface area contributed by atoms with Crippen molar-refractivity contribution in [3.05, 3.63) is 58.7 Å². The Bertz CT molecular complexity index is 635. The molecule has 0 aliphatic heterocycles. The predicted octanol–water partition coefficient (Wildman–Crippen LogP) is 3.04. The molecule has 0 aliphatic rings. The number of phenols is 1. The first-order valence-electron chi connectivity index (χ1n) is 7.55. The molecule has 0 saturated carbocycles. The second-order valence-electron chi connectivity index (χ2n) is 5.06. The summed E-state index contributed by atoms with van der Waals surface area (Å²) in [5.74, 6) is 1.07. The number of aliphatic hydroxyl groups is 1. The van der Waals surface area contributed by atoms with Crippen LogP contribution in [0.1, 0.15) is 29.2 Å². The van der Waals surface area contributed by atoms with Gasteiger partial charge in [-0.1, -0.05) is 25.1 Å². The van der Waals surface area contributed by atoms with E-state index in [4.69, 9.17) is 9.84 Å². The molecule has 0 aliphatic carbocycles. The average molecular weight is 316 g/mol. The third-order valence-electron chi connectivity index (χ3n) is 3.55. The topological polar surface area (TPSA) is 66.8 Å². The highest BCUT2D eigenvalue weighted by atomic mass is 16.5. The van der Waals surface area contributed by atoms with E-state index >= 15 is 0 Å². The van der Waals surface area contributed by atoms with Crippen molar-refractivity contribution < 1.29 is 19.7 Å². The monoisotopic (exact) mass is 316 g/mol. The van der Waals surface area contributed by atoms with Crippen LogP contribution in [0.5, 0.6) is 11.5 Å². The van der Waals surface area contributed by atoms with Gasteiger partial charge >= 0.3 is 0 Å². The molecule has 2 aromatic carbocycles. The highest BCUT2D eigenvalue weighted by molar-refractivity contribution is 5.51. The maximum absolute atomic E-state index is 10.3. The van der Waals surface area contributed by atoms with E-state index in [1.54, 1.807) is 6.07 Å². The first-order valence-corrected chi connectivity index (χ1v) is 7.55. The maximum Gasteiger partial charge on any atom is 0.157 e. The van der Waals surface area contributed by atoms with Crippen molar-refractivity contribution in [1.82, 2.24) is 0 Å². The van der Waals surface area contributed by atoms with Crippen molar-refractivity contribution in [2.45, 2.75) is 26.7 Å². The third-order valence-corrected chi connectivity index (χ3v) is 3.55. The van der Waals surface area contributed by atoms with Crippen LogP contribution >= 0.6 is 0 Å². The van der Waals surface area contributed by atoms with Crippen molar-refractivity contribution in [2.24, 2.45) is 0 Å². The summed E-state index contributed by atoms with van der Waals surface area (Å²) in [6.45, 7) is 4.14. The van der Waals surface area contributed by atoms with Gasteiger partial charge in [-0.05, 0) is 60.2 Å². The van der Waals surface area contributed by atoms with Crippen molar-refractivity contribution >= 4 is 6.29 Å². The SMILES string of the molecule is CCc1cc(Cc2ccc(OCC=O)cc2C)ccc1O.CO. The molecule has 2 N–H and O–H groups in total. The number of hydrogen-bond acceptors (Lipinski definition) is 4. The number of aliphatic hydroxyl groups excluding tert-OH is 1. The van der Waals surface area contributed by atoms with Crippen LogP contribution < -0.4 is 4.74 Å². The Morgan fingerprint density at radius 1 is 1.09 bits per heavy atom. The fraction of sp³-hybridized carbons (Fsp3) is 0.316. The van der Waals surface area contributed by atoms with Crippen molar-refractivity contribution in [3.63, 3.8) is 0 Å². The van der Waals surface area contributed by atoms with Gasteiger partial charge in [0.05, 0.1) is 0 Å². The number of carbonyl (C=O) groups is 1. The minimum Gasteiger partial charge on any atom is -0.508 e. The lowest BCUT2D eigenvalue weighted by atomic mass is 9.98. The molecule has 0 aromatic heterocycles. The Labute approximate surface area is 137 Å². The fourth-order valence-electron chi connectivity index (χ4n) is 2.34. The molecule has 0 radical (unpaired) electrons. The van der Waals surface area contributed by atoms with Gasteiger partial charge in [0.2, 0.25) is 0 Å². The van der Waals surface area contributed by atoms with Crippen molar-refractivity contribution in [3.8, 4) is 11.5 Å². The summed E-state index contributed by atoms with van der Waals surface area (Å²) < 4.78 is 5.29. The van der Waals surface area contributed by atoms with E-state index in [-0.39, 0.29) is 6.61 Å². The minimum atomic E-state index is 0.0800. The summed E-state index contributed by atoms with van der Waals surface area (Å²) in [5.41, 5.74) is 4.48. The summed E-state index contributed by atoms with van der Waals surface area (Å²) >= 11 is 0. The average Bonchev–Trinajstić information content (AvgIpc) is 2.58. The molecule has 0 unspecified atom stereocenters. The Hall–Kier alpha value is -2.33. The van der Waals surface area contributed by atoms with Gasteiger partial charge in [-0.2, -0.15) is 0 Å². The Balaban J connectivity index is 0.00000127. The number of rotatable bonds is 6. The molecular weight excluding hydrogens is 292 g/mol. The molecule has 4 nitrogen and oxygen atoms in total. The summed E-state index contributed by atoms with van der Waals surface area (Å²) in [6.07, 6.45) is 2.37. The van der Waals surface area contributed by atoms with E-state index in [0.29, 0.717) is 11.5 Å². The van der Waals surface area contributed by atoms with Gasteiger partial charge in [0.25, 0.3) is 0 Å². The number of hydrogen-bond donors (Lipinski definition) is 2. The van der Waals surface area contributed by atoms with E-state index in [9.17, 15) is 9.90 Å². The van der Waals surface area contributed by atoms with Crippen molar-refractivity contribution in [2.75, 3.05) is 13.7 Å². The van der Waals surface area contributed by atoms with Crippen LogP contribution in [-0.4, -0.2) is 30.2 Å². The molecule has 4 heteroatoms. The van der Waals surface area contributed by atoms with Gasteiger partial charge in [0.1, 0.15) is 18.1 Å². The molecule has 124 valence electrons. The van der Waals surface area contributed by atoms with E-state index in [1.165, 1.54) is 11.1 Å². The zero-order valence-electron chi connectivity index (χ0n) is 13.9. The third kappa shape index (κ3) is 5.42. The highest BCUT2D eigenvalue weighted by Gasteiger charge is 2.05. The standard InChI is InChI=1S/C18H20O3.CH4O/c1-3-15-11-14(4-7-18(15)20)12-16-5-6-17(10-13(16)2)21-9-8-19;1-2/h4-8,10-11,20H,3,9,12H2,1-2H3;2H,1H3. The van der Waals surface area contributed by atoms with Gasteiger partial charge in [0, 0.05) is 7.11 Å². The van der Waals surface area contributed by atoms with Crippen LogP contribution in [0, 0.1) is 6.92 Å². The molecule has 0 fully saturated rings. The van der Waals surface area contributed by atoms with Gasteiger partial charge in [-0.3, -0.25) is 4.79 Å². The number of aromatic hydroxyl groups is 1. The summed E-state index contributed by atoms with van der Waals surface area (Å²) in [4.78, 5) is 10.3. The van der Waals surface area contributed by atoms with Crippen LogP contribution in [0.3, 0.4) is 0 Å². The van der Waals surface area contributed by atoms with Crippen LogP contribution in [-0.2, 0) is 17.6 Å². The molecule has 0 heterocycles. The van der Waals surface area contributed by atoms with Gasteiger partial charge in [-0.15, -0.1) is 0 Å². The molecule has 23 heavy (non-hydrogen) atoms. The van der Waals surface area contributed by atoms with E-state index < -0.39 is 0 Å². The normalized spacial score (nSPS) is 9.74. The molecule has 0 amide bonds. The highest BCUT2D eigenvalue weighted by Crippen LogP contribution is 2.23. The Morgan fingerprint density at radius 2 is 1.83 bits per heavy atom. The maximum atomic E-state index is 10.3. The summed E-state index contributed by atoms with van der Waals surface area (Å²) in [5, 5.41) is 16.7. The fourth-order valence-corrected chi connectivity index (χ4v) is 2.34. The van der Waals surface area contributed by atoms with Gasteiger partial charge in [-0.25, -0.2) is 0 Å². The lowest BCUT2D eigenvalue weighted by molar-refractivity contribution is -0.109. The smallest absolute Gasteiger partial charge is 0.157 e. The van der Waals surface area contributed by atoms with Gasteiger partial charge < -0.3 is 14.9 Å². The second kappa shape index (κ2) is 9.64. The largest absolute Gasteiger partial charge is 0.508 e. The van der Waals surface area contributed by atoms with Crippen molar-refractivity contribution in [1.29, 1.82) is 0 Å². The lowest BCUT2D eigenvalue weighted by Crippen LogP contribution is -1.99. The minimum absolute atomic E-state index is 0.0800. The number of benzene rings is 2. The molecular formula is C19H24O4. The number of ether oxygens (including phenoxy) is 1. The molecule has 0 saturated heterocycles. The zero-order chi connectivity index (χ0) is 17.2. The molecule has 0 bridgehead atoms.